The Morgan fingerprint density at radius 3 is 2.76 bits per heavy atom. The number of fused-ring (bicyclic) bond motifs is 1. The second-order valence-corrected chi connectivity index (χ2v) is 6.34. The molecule has 128 valence electrons. The van der Waals surface area contributed by atoms with Crippen molar-refractivity contribution in [2.24, 2.45) is 0 Å². The monoisotopic (exact) mass is 333 g/mol. The number of ether oxygens (including phenoxy) is 1. The molecule has 0 aliphatic carbocycles. The maximum Gasteiger partial charge on any atom is 0.130 e. The van der Waals surface area contributed by atoms with Crippen LogP contribution in [0.2, 0.25) is 0 Å². The van der Waals surface area contributed by atoms with E-state index in [1.54, 1.807) is 6.92 Å². The molecule has 3 nitrogen and oxygen atoms in total. The Labute approximate surface area is 148 Å². The highest BCUT2D eigenvalue weighted by molar-refractivity contribution is 5.78. The topological polar surface area (TPSA) is 39.2 Å². The number of unbranched alkanes of at least 4 members (excludes halogenated alkanes) is 1. The van der Waals surface area contributed by atoms with Crippen LogP contribution in [-0.4, -0.2) is 10.8 Å². The Morgan fingerprint density at radius 1 is 1.00 bits per heavy atom. The van der Waals surface area contributed by atoms with E-state index in [-0.39, 0.29) is 5.78 Å². The van der Waals surface area contributed by atoms with E-state index in [0.717, 1.165) is 41.6 Å². The van der Waals surface area contributed by atoms with E-state index in [0.29, 0.717) is 13.0 Å². The minimum Gasteiger partial charge on any atom is -0.487 e. The summed E-state index contributed by atoms with van der Waals surface area (Å²) in [5.41, 5.74) is 3.15. The zero-order chi connectivity index (χ0) is 17.5. The van der Waals surface area contributed by atoms with E-state index in [9.17, 15) is 4.79 Å². The van der Waals surface area contributed by atoms with Crippen LogP contribution in [0.5, 0.6) is 5.75 Å². The van der Waals surface area contributed by atoms with E-state index in [1.807, 2.05) is 36.4 Å². The lowest BCUT2D eigenvalue weighted by molar-refractivity contribution is -0.117. The van der Waals surface area contributed by atoms with Crippen LogP contribution in [-0.2, 0) is 17.8 Å². The van der Waals surface area contributed by atoms with Gasteiger partial charge in [0.15, 0.2) is 0 Å². The molecule has 0 saturated heterocycles. The molecule has 0 amide bonds. The number of hydrogen-bond donors (Lipinski definition) is 0. The summed E-state index contributed by atoms with van der Waals surface area (Å²) in [5.74, 6) is 1.12. The smallest absolute Gasteiger partial charge is 0.130 e. The van der Waals surface area contributed by atoms with Gasteiger partial charge in [0.1, 0.15) is 18.1 Å². The van der Waals surface area contributed by atoms with Gasteiger partial charge in [-0.25, -0.2) is 4.98 Å². The molecule has 3 aromatic rings. The van der Waals surface area contributed by atoms with Crippen molar-refractivity contribution in [1.29, 1.82) is 0 Å². The van der Waals surface area contributed by atoms with Crippen molar-refractivity contribution in [2.45, 2.75) is 39.2 Å². The van der Waals surface area contributed by atoms with Gasteiger partial charge < -0.3 is 9.53 Å². The molecule has 0 N–H and O–H groups in total. The largest absolute Gasteiger partial charge is 0.487 e. The van der Waals surface area contributed by atoms with Crippen LogP contribution < -0.4 is 4.74 Å². The lowest BCUT2D eigenvalue weighted by Gasteiger charge is -2.08. The van der Waals surface area contributed by atoms with E-state index < -0.39 is 0 Å². The molecule has 0 fully saturated rings. The summed E-state index contributed by atoms with van der Waals surface area (Å²) in [7, 11) is 0. The van der Waals surface area contributed by atoms with Crippen molar-refractivity contribution in [3.63, 3.8) is 0 Å². The first-order valence-corrected chi connectivity index (χ1v) is 8.76. The third-order valence-corrected chi connectivity index (χ3v) is 4.19. The van der Waals surface area contributed by atoms with Crippen LogP contribution in [0, 0.1) is 0 Å². The minimum absolute atomic E-state index is 0.264. The number of pyridine rings is 1. The number of ketones is 1. The maximum absolute atomic E-state index is 11.0. The molecule has 1 aromatic heterocycles. The summed E-state index contributed by atoms with van der Waals surface area (Å²) in [6.07, 6.45) is 3.61. The number of rotatable bonds is 8. The van der Waals surface area contributed by atoms with Crippen molar-refractivity contribution in [3.8, 4) is 5.75 Å². The molecule has 1 heterocycles. The summed E-state index contributed by atoms with van der Waals surface area (Å²) in [4.78, 5) is 15.6. The highest BCUT2D eigenvalue weighted by Crippen LogP contribution is 2.18. The third-order valence-electron chi connectivity index (χ3n) is 4.19. The Kier molecular flexibility index (Phi) is 5.78. The van der Waals surface area contributed by atoms with Gasteiger partial charge in [0, 0.05) is 11.8 Å². The van der Waals surface area contributed by atoms with E-state index in [2.05, 4.69) is 29.2 Å². The van der Waals surface area contributed by atoms with Gasteiger partial charge in [-0.2, -0.15) is 0 Å². The third kappa shape index (κ3) is 5.15. The molecule has 25 heavy (non-hydrogen) atoms. The minimum atomic E-state index is 0.264. The lowest BCUT2D eigenvalue weighted by Crippen LogP contribution is -1.99. The Hall–Kier alpha value is -2.68. The number of aryl methyl sites for hydroxylation is 1. The van der Waals surface area contributed by atoms with Crippen molar-refractivity contribution in [1.82, 2.24) is 4.98 Å². The standard InChI is InChI=1S/C22H23NO2/c1-17(24)7-2-3-8-18-9-6-11-21(15-18)25-16-20-14-13-19-10-4-5-12-22(19)23-20/h4-6,9-15H,2-3,7-8,16H2,1H3. The molecular weight excluding hydrogens is 310 g/mol. The summed E-state index contributed by atoms with van der Waals surface area (Å²) >= 11 is 0. The summed E-state index contributed by atoms with van der Waals surface area (Å²) in [5, 5.41) is 1.14. The van der Waals surface area contributed by atoms with Gasteiger partial charge in [-0.1, -0.05) is 36.4 Å². The summed E-state index contributed by atoms with van der Waals surface area (Å²) in [6, 6.07) is 20.3. The molecule has 2 aromatic carbocycles. The fourth-order valence-corrected chi connectivity index (χ4v) is 2.84. The highest BCUT2D eigenvalue weighted by Gasteiger charge is 2.02. The van der Waals surface area contributed by atoms with Crippen LogP contribution >= 0.6 is 0 Å². The molecule has 3 rings (SSSR count). The van der Waals surface area contributed by atoms with Crippen LogP contribution in [0.25, 0.3) is 10.9 Å². The number of aromatic nitrogens is 1. The molecule has 0 aliphatic heterocycles. The quantitative estimate of drug-likeness (QED) is 0.537. The molecule has 0 saturated carbocycles. The van der Waals surface area contributed by atoms with Crippen molar-refractivity contribution < 1.29 is 9.53 Å². The van der Waals surface area contributed by atoms with Crippen molar-refractivity contribution in [3.05, 3.63) is 71.9 Å². The van der Waals surface area contributed by atoms with Gasteiger partial charge in [0.2, 0.25) is 0 Å². The summed E-state index contributed by atoms with van der Waals surface area (Å²) < 4.78 is 5.91. The molecule has 0 bridgehead atoms. The van der Waals surface area contributed by atoms with Crippen LogP contribution in [0.1, 0.15) is 37.4 Å². The highest BCUT2D eigenvalue weighted by atomic mass is 16.5. The Bertz CT molecular complexity index is 857. The lowest BCUT2D eigenvalue weighted by atomic mass is 10.1. The number of para-hydroxylation sites is 1. The predicted molar refractivity (Wildman–Crippen MR) is 101 cm³/mol. The van der Waals surface area contributed by atoms with Gasteiger partial charge in [0.05, 0.1) is 11.2 Å². The normalized spacial score (nSPS) is 10.8. The SMILES string of the molecule is CC(=O)CCCCc1cccc(OCc2ccc3ccccc3n2)c1. The fraction of sp³-hybridized carbons (Fsp3) is 0.273. The molecule has 0 unspecified atom stereocenters. The van der Waals surface area contributed by atoms with Crippen molar-refractivity contribution in [2.75, 3.05) is 0 Å². The predicted octanol–water partition coefficient (Wildman–Crippen LogP) is 5.12. The first kappa shape index (κ1) is 17.2. The zero-order valence-electron chi connectivity index (χ0n) is 14.6. The number of benzene rings is 2. The van der Waals surface area contributed by atoms with Crippen LogP contribution in [0.15, 0.2) is 60.7 Å². The Morgan fingerprint density at radius 2 is 1.88 bits per heavy atom. The van der Waals surface area contributed by atoms with Gasteiger partial charge >= 0.3 is 0 Å². The molecule has 3 heteroatoms. The van der Waals surface area contributed by atoms with E-state index >= 15 is 0 Å². The molecule has 0 radical (unpaired) electrons. The fourth-order valence-electron chi connectivity index (χ4n) is 2.84. The number of hydrogen-bond acceptors (Lipinski definition) is 3. The first-order chi connectivity index (χ1) is 12.2. The molecule has 0 aliphatic rings. The second-order valence-electron chi connectivity index (χ2n) is 6.34. The number of nitrogens with zero attached hydrogens (tertiary/aromatic N) is 1. The zero-order valence-corrected chi connectivity index (χ0v) is 14.6. The van der Waals surface area contributed by atoms with E-state index in [4.69, 9.17) is 4.74 Å². The van der Waals surface area contributed by atoms with Crippen molar-refractivity contribution >= 4 is 16.7 Å². The average molecular weight is 333 g/mol. The van der Waals surface area contributed by atoms with Gasteiger partial charge in [-0.15, -0.1) is 0 Å². The van der Waals surface area contributed by atoms with Gasteiger partial charge in [-0.3, -0.25) is 0 Å². The van der Waals surface area contributed by atoms with Gasteiger partial charge in [-0.05, 0) is 56.0 Å². The number of carbonyl (C=O) groups excluding carboxylic acids is 1. The number of carbonyl (C=O) groups is 1. The first-order valence-electron chi connectivity index (χ1n) is 8.76. The molecule has 0 spiro atoms. The van der Waals surface area contributed by atoms with Crippen LogP contribution in [0.4, 0.5) is 0 Å². The van der Waals surface area contributed by atoms with E-state index in [1.165, 1.54) is 5.56 Å². The Balaban J connectivity index is 1.56. The second kappa shape index (κ2) is 8.43. The molecule has 0 atom stereocenters. The summed E-state index contributed by atoms with van der Waals surface area (Å²) in [6.45, 7) is 2.11. The average Bonchev–Trinajstić information content (AvgIpc) is 2.64. The maximum atomic E-state index is 11.0. The molecular formula is C22H23NO2. The van der Waals surface area contributed by atoms with Gasteiger partial charge in [0.25, 0.3) is 0 Å². The van der Waals surface area contributed by atoms with Crippen LogP contribution in [0.3, 0.4) is 0 Å². The number of Topliss-reactive ketones (excluding diaryl/α,β-unsaturated/α-hetero) is 1.